The summed E-state index contributed by atoms with van der Waals surface area (Å²) >= 11 is 0. The molecule has 2 aromatic heterocycles. The van der Waals surface area contributed by atoms with Crippen molar-refractivity contribution in [3.63, 3.8) is 0 Å². The van der Waals surface area contributed by atoms with Gasteiger partial charge < -0.3 is 9.88 Å². The molecule has 22 heavy (non-hydrogen) atoms. The Morgan fingerprint density at radius 3 is 2.68 bits per heavy atom. The predicted molar refractivity (Wildman–Crippen MR) is 86.3 cm³/mol. The van der Waals surface area contributed by atoms with E-state index in [-0.39, 0.29) is 11.7 Å². The molecule has 0 bridgehead atoms. The van der Waals surface area contributed by atoms with Crippen LogP contribution in [0.1, 0.15) is 12.8 Å². The fourth-order valence-corrected chi connectivity index (χ4v) is 4.08. The second-order valence-corrected chi connectivity index (χ2v) is 8.33. The van der Waals surface area contributed by atoms with Crippen molar-refractivity contribution in [2.75, 3.05) is 31.8 Å². The van der Waals surface area contributed by atoms with Crippen LogP contribution in [0.15, 0.2) is 18.6 Å². The maximum absolute atomic E-state index is 11.9. The molecule has 1 fully saturated rings. The molecule has 8 heteroatoms. The number of hydrogen-bond donors (Lipinski definition) is 1. The largest absolute Gasteiger partial charge is 0.356 e. The maximum Gasteiger partial charge on any atom is 0.213 e. The van der Waals surface area contributed by atoms with Crippen LogP contribution in [-0.4, -0.2) is 60.6 Å². The van der Waals surface area contributed by atoms with Gasteiger partial charge in [0.15, 0.2) is 0 Å². The van der Waals surface area contributed by atoms with Crippen LogP contribution in [-0.2, 0) is 10.0 Å². The first kappa shape index (κ1) is 15.2. The van der Waals surface area contributed by atoms with Crippen LogP contribution in [0, 0.1) is 5.92 Å². The number of anilines is 1. The van der Waals surface area contributed by atoms with E-state index < -0.39 is 10.0 Å². The number of nitrogens with zero attached hydrogens (tertiary/aromatic N) is 4. The Balaban J connectivity index is 1.67. The average Bonchev–Trinajstić information content (AvgIpc) is 2.89. The molecule has 0 aliphatic heterocycles. The lowest BCUT2D eigenvalue weighted by Crippen LogP contribution is -2.46. The van der Waals surface area contributed by atoms with E-state index in [2.05, 4.69) is 19.9 Å². The highest BCUT2D eigenvalue weighted by Gasteiger charge is 2.36. The molecule has 0 unspecified atom stereocenters. The first-order valence-electron chi connectivity index (χ1n) is 7.29. The molecular weight excluding hydrogens is 302 g/mol. The van der Waals surface area contributed by atoms with Crippen molar-refractivity contribution in [1.82, 2.24) is 19.3 Å². The summed E-state index contributed by atoms with van der Waals surface area (Å²) in [6.07, 6.45) is 5.15. The molecule has 0 atom stereocenters. The van der Waals surface area contributed by atoms with Gasteiger partial charge in [0.2, 0.25) is 10.0 Å². The second kappa shape index (κ2) is 5.51. The van der Waals surface area contributed by atoms with Crippen molar-refractivity contribution >= 4 is 26.9 Å². The molecule has 1 aliphatic rings. The lowest BCUT2D eigenvalue weighted by Gasteiger charge is -2.42. The minimum absolute atomic E-state index is 0.225. The highest BCUT2D eigenvalue weighted by Crippen LogP contribution is 2.35. The summed E-state index contributed by atoms with van der Waals surface area (Å²) in [7, 11) is 2.07. The van der Waals surface area contributed by atoms with Gasteiger partial charge in [0, 0.05) is 33.4 Å². The monoisotopic (exact) mass is 323 g/mol. The summed E-state index contributed by atoms with van der Waals surface area (Å²) in [5.41, 5.74) is 0.822. The summed E-state index contributed by atoms with van der Waals surface area (Å²) in [4.78, 5) is 13.8. The van der Waals surface area contributed by atoms with Gasteiger partial charge in [-0.2, -0.15) is 0 Å². The SMILES string of the molecule is CN(C)S(=O)(=O)C[C@H]1C[C@@H](N(C)c2ncnc3[nH]ccc23)C1. The van der Waals surface area contributed by atoms with Crippen molar-refractivity contribution in [2.45, 2.75) is 18.9 Å². The number of H-pyrrole nitrogens is 1. The number of nitrogens with one attached hydrogen (secondary N) is 1. The van der Waals surface area contributed by atoms with Gasteiger partial charge in [0.25, 0.3) is 0 Å². The standard InChI is InChI=1S/C14H21N5O2S/c1-18(2)22(20,21)8-10-6-11(7-10)19(3)14-12-4-5-15-13(12)16-9-17-14/h4-5,9-11H,6-8H2,1-3H3,(H,15,16,17)/t10-,11+. The number of aromatic amines is 1. The van der Waals surface area contributed by atoms with E-state index >= 15 is 0 Å². The Kier molecular flexibility index (Phi) is 3.82. The summed E-state index contributed by atoms with van der Waals surface area (Å²) in [6, 6.07) is 2.30. The van der Waals surface area contributed by atoms with E-state index in [1.165, 1.54) is 4.31 Å². The van der Waals surface area contributed by atoms with E-state index in [1.807, 2.05) is 19.3 Å². The third kappa shape index (κ3) is 2.68. The molecule has 0 amide bonds. The highest BCUT2D eigenvalue weighted by molar-refractivity contribution is 7.89. The molecule has 1 N–H and O–H groups in total. The van der Waals surface area contributed by atoms with E-state index in [1.54, 1.807) is 20.4 Å². The third-order valence-corrected chi connectivity index (χ3v) is 6.43. The molecule has 0 radical (unpaired) electrons. The Morgan fingerprint density at radius 1 is 1.27 bits per heavy atom. The summed E-state index contributed by atoms with van der Waals surface area (Å²) in [5.74, 6) is 1.35. The van der Waals surface area contributed by atoms with E-state index in [4.69, 9.17) is 0 Å². The van der Waals surface area contributed by atoms with Crippen LogP contribution < -0.4 is 4.90 Å². The molecule has 120 valence electrons. The van der Waals surface area contributed by atoms with Crippen LogP contribution in [0.5, 0.6) is 0 Å². The van der Waals surface area contributed by atoms with E-state index in [0.29, 0.717) is 6.04 Å². The van der Waals surface area contributed by atoms with Gasteiger partial charge in [0.05, 0.1) is 11.1 Å². The summed E-state index contributed by atoms with van der Waals surface area (Å²) in [5, 5.41) is 0.995. The van der Waals surface area contributed by atoms with Gasteiger partial charge in [-0.15, -0.1) is 0 Å². The van der Waals surface area contributed by atoms with Gasteiger partial charge in [-0.1, -0.05) is 0 Å². The molecule has 3 rings (SSSR count). The molecule has 2 heterocycles. The summed E-state index contributed by atoms with van der Waals surface area (Å²) in [6.45, 7) is 0. The van der Waals surface area contributed by atoms with Crippen LogP contribution in [0.4, 0.5) is 5.82 Å². The Morgan fingerprint density at radius 2 is 2.00 bits per heavy atom. The molecule has 1 saturated carbocycles. The van der Waals surface area contributed by atoms with Crippen molar-refractivity contribution in [3.05, 3.63) is 18.6 Å². The molecule has 0 saturated heterocycles. The molecule has 7 nitrogen and oxygen atoms in total. The zero-order valence-corrected chi connectivity index (χ0v) is 13.8. The first-order chi connectivity index (χ1) is 10.4. The molecule has 0 spiro atoms. The van der Waals surface area contributed by atoms with Crippen molar-refractivity contribution < 1.29 is 8.42 Å². The van der Waals surface area contributed by atoms with Gasteiger partial charge in [0.1, 0.15) is 17.8 Å². The first-order valence-corrected chi connectivity index (χ1v) is 8.90. The topological polar surface area (TPSA) is 82.2 Å². The van der Waals surface area contributed by atoms with Crippen LogP contribution in [0.2, 0.25) is 0 Å². The Bertz CT molecular complexity index is 764. The Labute approximate surface area is 130 Å². The minimum atomic E-state index is -3.11. The molecule has 2 aromatic rings. The number of sulfonamides is 1. The zero-order valence-electron chi connectivity index (χ0n) is 13.0. The fourth-order valence-electron chi connectivity index (χ4n) is 2.91. The number of aromatic nitrogens is 3. The molecular formula is C14H21N5O2S. The van der Waals surface area contributed by atoms with Crippen LogP contribution in [0.25, 0.3) is 11.0 Å². The van der Waals surface area contributed by atoms with Gasteiger partial charge in [-0.05, 0) is 24.8 Å². The lowest BCUT2D eigenvalue weighted by molar-refractivity contribution is 0.280. The van der Waals surface area contributed by atoms with E-state index in [9.17, 15) is 8.42 Å². The van der Waals surface area contributed by atoms with Crippen molar-refractivity contribution in [2.24, 2.45) is 5.92 Å². The van der Waals surface area contributed by atoms with E-state index in [0.717, 1.165) is 29.7 Å². The lowest BCUT2D eigenvalue weighted by atomic mass is 9.81. The van der Waals surface area contributed by atoms with Crippen molar-refractivity contribution in [3.8, 4) is 0 Å². The molecule has 0 aromatic carbocycles. The quantitative estimate of drug-likeness (QED) is 0.890. The Hall–Kier alpha value is -1.67. The van der Waals surface area contributed by atoms with Gasteiger partial charge >= 0.3 is 0 Å². The van der Waals surface area contributed by atoms with Gasteiger partial charge in [-0.3, -0.25) is 0 Å². The fraction of sp³-hybridized carbons (Fsp3) is 0.571. The van der Waals surface area contributed by atoms with Crippen LogP contribution in [0.3, 0.4) is 0 Å². The number of rotatable bonds is 5. The smallest absolute Gasteiger partial charge is 0.213 e. The average molecular weight is 323 g/mol. The number of fused-ring (bicyclic) bond motifs is 1. The maximum atomic E-state index is 11.9. The summed E-state index contributed by atoms with van der Waals surface area (Å²) < 4.78 is 25.1. The normalized spacial score (nSPS) is 22.0. The minimum Gasteiger partial charge on any atom is -0.356 e. The second-order valence-electron chi connectivity index (χ2n) is 6.10. The zero-order chi connectivity index (χ0) is 15.9. The van der Waals surface area contributed by atoms with Gasteiger partial charge in [-0.25, -0.2) is 22.7 Å². The number of hydrogen-bond acceptors (Lipinski definition) is 5. The highest BCUT2D eigenvalue weighted by atomic mass is 32.2. The molecule has 1 aliphatic carbocycles. The third-order valence-electron chi connectivity index (χ3n) is 4.43. The van der Waals surface area contributed by atoms with Crippen molar-refractivity contribution in [1.29, 1.82) is 0 Å². The predicted octanol–water partition coefficient (Wildman–Crippen LogP) is 1.06. The van der Waals surface area contributed by atoms with Crippen LogP contribution >= 0.6 is 0 Å².